The summed E-state index contributed by atoms with van der Waals surface area (Å²) in [7, 11) is -1.95. The Hall–Kier alpha value is -5.89. The van der Waals surface area contributed by atoms with Crippen molar-refractivity contribution in [3.63, 3.8) is 0 Å². The van der Waals surface area contributed by atoms with Gasteiger partial charge >= 0.3 is 25.1 Å². The molecule has 54 heavy (non-hydrogen) atoms. The normalized spacial score (nSPS) is 17.9. The Morgan fingerprint density at radius 1 is 0.944 bits per heavy atom. The molecule has 2 fully saturated rings. The first-order valence-corrected chi connectivity index (χ1v) is 16.7. The molecule has 6 amide bonds. The quantitative estimate of drug-likeness (QED) is 0.136. The Morgan fingerprint density at radius 3 is 2.31 bits per heavy atom. The van der Waals surface area contributed by atoms with Gasteiger partial charge in [-0.3, -0.25) is 9.59 Å². The number of carboxylic acid groups (broad SMARTS) is 1. The molecule has 3 heterocycles. The van der Waals surface area contributed by atoms with Crippen LogP contribution < -0.4 is 15.3 Å². The second-order valence-electron chi connectivity index (χ2n) is 12.7. The van der Waals surface area contributed by atoms with E-state index in [4.69, 9.17) is 16.3 Å². The maximum Gasteiger partial charge on any atom is 0.547 e. The van der Waals surface area contributed by atoms with Crippen LogP contribution in [0.25, 0.3) is 0 Å². The number of nitrogens with zero attached hydrogens (tertiary/aromatic N) is 3. The van der Waals surface area contributed by atoms with Gasteiger partial charge < -0.3 is 50.5 Å². The van der Waals surface area contributed by atoms with Crippen molar-refractivity contribution in [2.24, 2.45) is 0 Å². The predicted octanol–water partition coefficient (Wildman–Crippen LogP) is 2.51. The summed E-state index contributed by atoms with van der Waals surface area (Å²) in [6.45, 7) is 0.221. The van der Waals surface area contributed by atoms with Gasteiger partial charge in [0, 0.05) is 49.4 Å². The highest BCUT2D eigenvalue weighted by atomic mass is 35.5. The van der Waals surface area contributed by atoms with Crippen molar-refractivity contribution in [1.82, 2.24) is 25.3 Å². The second kappa shape index (κ2) is 14.9. The molecule has 0 saturated carbocycles. The fraction of sp³-hybridized carbons (Fsp3) is 0.303. The molecule has 2 atom stereocenters. The molecule has 0 aliphatic carbocycles. The standard InChI is InChI=1S/C33H30BClF3N5O11/c35-24-19(13-21(38)26(45)27(24)46)25(29(47)39-22-11-14-1-2-20(37)23(31(49)50)28(14)54-34(22)53)40-32(51)43-8-7-42(33(43)52)17-3-5-41(6-4-17)30(48)15-9-16(36)12-18(44)10-15/h1-2,9-10,12-13,17,22,25,44-46,53H,3-8,11H2,(H,39,47)(H,40,51)(H,49,50)/t22-,25?/m0/s1. The third-order valence-electron chi connectivity index (χ3n) is 9.40. The molecule has 0 spiro atoms. The molecule has 0 bridgehead atoms. The Bertz CT molecular complexity index is 2050. The Morgan fingerprint density at radius 2 is 1.65 bits per heavy atom. The number of aromatic hydroxyl groups is 3. The zero-order valence-corrected chi connectivity index (χ0v) is 28.5. The van der Waals surface area contributed by atoms with Gasteiger partial charge in [0.1, 0.15) is 34.7 Å². The number of carbonyl (C=O) groups excluding carboxylic acids is 4. The van der Waals surface area contributed by atoms with Crippen molar-refractivity contribution in [2.45, 2.75) is 37.3 Å². The second-order valence-corrected chi connectivity index (χ2v) is 13.1. The summed E-state index contributed by atoms with van der Waals surface area (Å²) < 4.78 is 47.9. The number of amides is 6. The van der Waals surface area contributed by atoms with Crippen LogP contribution in [0.15, 0.2) is 36.4 Å². The lowest BCUT2D eigenvalue weighted by Crippen LogP contribution is -2.56. The highest BCUT2D eigenvalue weighted by Crippen LogP contribution is 2.41. The molecular weight excluding hydrogens is 746 g/mol. The van der Waals surface area contributed by atoms with Gasteiger partial charge in [0.05, 0.1) is 11.0 Å². The van der Waals surface area contributed by atoms with Crippen LogP contribution in [0.3, 0.4) is 0 Å². The van der Waals surface area contributed by atoms with Gasteiger partial charge in [-0.1, -0.05) is 17.7 Å². The number of fused-ring (bicyclic) bond motifs is 1. The number of hydrogen-bond acceptors (Lipinski definition) is 10. The van der Waals surface area contributed by atoms with Crippen LogP contribution in [0.5, 0.6) is 23.0 Å². The van der Waals surface area contributed by atoms with E-state index in [1.165, 1.54) is 15.9 Å². The summed E-state index contributed by atoms with van der Waals surface area (Å²) in [6, 6.07) is 1.24. The third kappa shape index (κ3) is 7.21. The van der Waals surface area contributed by atoms with Gasteiger partial charge in [0.25, 0.3) is 5.91 Å². The smallest absolute Gasteiger partial charge is 0.534 e. The molecule has 21 heteroatoms. The number of likely N-dealkylation sites (tertiary alicyclic amines) is 1. The van der Waals surface area contributed by atoms with Crippen molar-refractivity contribution in [2.75, 3.05) is 26.2 Å². The fourth-order valence-corrected chi connectivity index (χ4v) is 6.94. The number of piperidine rings is 1. The molecule has 6 rings (SSSR count). The molecule has 16 nitrogen and oxygen atoms in total. The summed E-state index contributed by atoms with van der Waals surface area (Å²) in [6.07, 6.45) is 0.272. The van der Waals surface area contributed by atoms with Gasteiger partial charge in [-0.15, -0.1) is 0 Å². The number of imide groups is 1. The lowest BCUT2D eigenvalue weighted by molar-refractivity contribution is -0.123. The van der Waals surface area contributed by atoms with Crippen molar-refractivity contribution in [3.05, 3.63) is 81.1 Å². The van der Waals surface area contributed by atoms with E-state index in [-0.39, 0.29) is 56.6 Å². The summed E-state index contributed by atoms with van der Waals surface area (Å²) in [4.78, 5) is 69.0. The fourth-order valence-electron chi connectivity index (χ4n) is 6.69. The number of rotatable bonds is 7. The summed E-state index contributed by atoms with van der Waals surface area (Å²) in [5.74, 6) is -11.4. The molecular formula is C33H30BClF3N5O11. The lowest BCUT2D eigenvalue weighted by Gasteiger charge is -2.36. The van der Waals surface area contributed by atoms with E-state index in [1.54, 1.807) is 0 Å². The molecule has 7 N–H and O–H groups in total. The van der Waals surface area contributed by atoms with E-state index >= 15 is 0 Å². The lowest BCUT2D eigenvalue weighted by atomic mass is 9.72. The van der Waals surface area contributed by atoms with Crippen LogP contribution >= 0.6 is 11.6 Å². The van der Waals surface area contributed by atoms with E-state index in [0.29, 0.717) is 6.07 Å². The van der Waals surface area contributed by atoms with Crippen LogP contribution in [-0.2, 0) is 11.2 Å². The van der Waals surface area contributed by atoms with E-state index < -0.39 is 112 Å². The van der Waals surface area contributed by atoms with Gasteiger partial charge in [0.2, 0.25) is 5.91 Å². The average Bonchev–Trinajstić information content (AvgIpc) is 3.51. The van der Waals surface area contributed by atoms with Crippen LogP contribution in [0.2, 0.25) is 5.02 Å². The number of halogens is 4. The third-order valence-corrected chi connectivity index (χ3v) is 9.79. The van der Waals surface area contributed by atoms with E-state index in [2.05, 4.69) is 10.6 Å². The van der Waals surface area contributed by atoms with Crippen LogP contribution in [0, 0.1) is 17.5 Å². The van der Waals surface area contributed by atoms with E-state index in [9.17, 15) is 62.6 Å². The SMILES string of the molecule is O=C(O)c1c(F)ccc2c1OB(O)[C@@H](NC(=O)C(NC(=O)N1CCN(C3CCN(C(=O)c4cc(O)cc(F)c4)CC3)C1=O)c1cc(F)c(O)c(O)c1Cl)C2. The molecule has 3 aromatic carbocycles. The minimum Gasteiger partial charge on any atom is -0.534 e. The molecule has 3 aliphatic rings. The molecule has 0 aromatic heterocycles. The molecule has 3 aromatic rings. The highest BCUT2D eigenvalue weighted by Gasteiger charge is 2.43. The molecule has 2 saturated heterocycles. The minimum absolute atomic E-state index is 0.0513. The van der Waals surface area contributed by atoms with Gasteiger partial charge in [-0.2, -0.15) is 0 Å². The number of hydrogen-bond donors (Lipinski definition) is 7. The van der Waals surface area contributed by atoms with E-state index in [1.807, 2.05) is 0 Å². The topological polar surface area (TPSA) is 230 Å². The molecule has 0 radical (unpaired) electrons. The Kier molecular flexibility index (Phi) is 10.4. The van der Waals surface area contributed by atoms with Crippen LogP contribution in [0.1, 0.15) is 50.7 Å². The molecule has 3 aliphatic heterocycles. The number of phenolic OH excluding ortho intramolecular Hbond substituents is 3. The monoisotopic (exact) mass is 775 g/mol. The van der Waals surface area contributed by atoms with Crippen molar-refractivity contribution in [1.29, 1.82) is 0 Å². The maximum atomic E-state index is 14.7. The number of carbonyl (C=O) groups is 5. The number of carboxylic acids is 1. The molecule has 1 unspecified atom stereocenters. The van der Waals surface area contributed by atoms with Crippen molar-refractivity contribution in [3.8, 4) is 23.0 Å². The van der Waals surface area contributed by atoms with Crippen molar-refractivity contribution >= 4 is 48.6 Å². The Balaban J connectivity index is 1.17. The van der Waals surface area contributed by atoms with E-state index in [0.717, 1.165) is 29.2 Å². The van der Waals surface area contributed by atoms with Crippen LogP contribution in [-0.4, -0.2) is 115 Å². The molecule has 284 valence electrons. The van der Waals surface area contributed by atoms with Crippen molar-refractivity contribution < 1.29 is 67.2 Å². The first-order chi connectivity index (χ1) is 25.5. The van der Waals surface area contributed by atoms with Gasteiger partial charge in [0.15, 0.2) is 17.3 Å². The first kappa shape index (κ1) is 37.9. The summed E-state index contributed by atoms with van der Waals surface area (Å²) in [5, 5.41) is 53.8. The number of aromatic carboxylic acids is 1. The zero-order valence-electron chi connectivity index (χ0n) is 27.8. The summed E-state index contributed by atoms with van der Waals surface area (Å²) in [5.41, 5.74) is -1.38. The maximum absolute atomic E-state index is 14.7. The minimum atomic E-state index is -1.99. The zero-order chi connectivity index (χ0) is 39.2. The Labute approximate surface area is 308 Å². The number of phenols is 3. The van der Waals surface area contributed by atoms with Gasteiger partial charge in [-0.25, -0.2) is 32.5 Å². The average molecular weight is 776 g/mol. The number of urea groups is 2. The largest absolute Gasteiger partial charge is 0.547 e. The number of benzene rings is 3. The van der Waals surface area contributed by atoms with Gasteiger partial charge in [-0.05, 0) is 49.1 Å². The van der Waals surface area contributed by atoms with Crippen LogP contribution in [0.4, 0.5) is 22.8 Å². The first-order valence-electron chi connectivity index (χ1n) is 16.3. The highest BCUT2D eigenvalue weighted by molar-refractivity contribution is 6.47. The predicted molar refractivity (Wildman–Crippen MR) is 179 cm³/mol. The summed E-state index contributed by atoms with van der Waals surface area (Å²) >= 11 is 6.17. The number of nitrogens with one attached hydrogen (secondary N) is 2.